The Balaban J connectivity index is 1.80. The van der Waals surface area contributed by atoms with Crippen LogP contribution in [0.15, 0.2) is 34.6 Å². The predicted octanol–water partition coefficient (Wildman–Crippen LogP) is 2.68. The zero-order valence-corrected chi connectivity index (χ0v) is 17.4. The molecule has 0 radical (unpaired) electrons. The van der Waals surface area contributed by atoms with Gasteiger partial charge in [0.1, 0.15) is 17.2 Å². The van der Waals surface area contributed by atoms with Crippen LogP contribution >= 0.6 is 11.8 Å². The van der Waals surface area contributed by atoms with Gasteiger partial charge in [0.15, 0.2) is 6.61 Å². The van der Waals surface area contributed by atoms with E-state index in [0.717, 1.165) is 22.0 Å². The maximum Gasteiger partial charge on any atom is 0.273 e. The lowest BCUT2D eigenvalue weighted by Gasteiger charge is -2.43. The van der Waals surface area contributed by atoms with Crippen molar-refractivity contribution in [1.82, 2.24) is 10.2 Å². The van der Waals surface area contributed by atoms with Crippen LogP contribution in [-0.2, 0) is 19.7 Å². The molecule has 3 aliphatic rings. The third kappa shape index (κ3) is 3.48. The average Bonchev–Trinajstić information content (AvgIpc) is 3.50. The lowest BCUT2D eigenvalue weighted by molar-refractivity contribution is -0.135. The van der Waals surface area contributed by atoms with E-state index in [4.69, 9.17) is 9.47 Å². The SMILES string of the molecule is CCSc1ccc(OCC2CC2)c(C2(C)CN(C)C(=O)C3=C2OCC(=O)N3)c1. The first-order chi connectivity index (χ1) is 13.4. The zero-order chi connectivity index (χ0) is 19.9. The highest BCUT2D eigenvalue weighted by Crippen LogP contribution is 2.45. The quantitative estimate of drug-likeness (QED) is 0.741. The van der Waals surface area contributed by atoms with Crippen LogP contribution in [0.5, 0.6) is 5.75 Å². The van der Waals surface area contributed by atoms with Crippen molar-refractivity contribution in [2.45, 2.75) is 37.0 Å². The Morgan fingerprint density at radius 3 is 2.86 bits per heavy atom. The summed E-state index contributed by atoms with van der Waals surface area (Å²) in [4.78, 5) is 27.3. The molecule has 1 saturated carbocycles. The number of carbonyl (C=O) groups excluding carboxylic acids is 2. The molecule has 6 nitrogen and oxygen atoms in total. The van der Waals surface area contributed by atoms with Gasteiger partial charge in [0.2, 0.25) is 0 Å². The largest absolute Gasteiger partial charge is 0.493 e. The van der Waals surface area contributed by atoms with Crippen molar-refractivity contribution in [3.63, 3.8) is 0 Å². The number of carbonyl (C=O) groups is 2. The van der Waals surface area contributed by atoms with Crippen LogP contribution in [0.1, 0.15) is 32.3 Å². The molecule has 0 aromatic heterocycles. The van der Waals surface area contributed by atoms with E-state index in [9.17, 15) is 9.59 Å². The molecule has 28 heavy (non-hydrogen) atoms. The lowest BCUT2D eigenvalue weighted by atomic mass is 9.76. The molecule has 150 valence electrons. The Kier molecular flexibility index (Phi) is 5.04. The molecule has 0 saturated heterocycles. The third-order valence-electron chi connectivity index (χ3n) is 5.48. The van der Waals surface area contributed by atoms with Gasteiger partial charge in [0.25, 0.3) is 11.8 Å². The fraction of sp³-hybridized carbons (Fsp3) is 0.524. The number of hydrogen-bond acceptors (Lipinski definition) is 5. The highest BCUT2D eigenvalue weighted by Gasteiger charge is 2.47. The summed E-state index contributed by atoms with van der Waals surface area (Å²) >= 11 is 1.77. The van der Waals surface area contributed by atoms with Gasteiger partial charge in [-0.1, -0.05) is 6.92 Å². The molecular formula is C21H26N2O4S. The van der Waals surface area contributed by atoms with Crippen molar-refractivity contribution in [3.8, 4) is 5.75 Å². The van der Waals surface area contributed by atoms with Gasteiger partial charge in [-0.2, -0.15) is 0 Å². The van der Waals surface area contributed by atoms with Crippen molar-refractivity contribution in [1.29, 1.82) is 0 Å². The number of hydrogen-bond donors (Lipinski definition) is 1. The first-order valence-electron chi connectivity index (χ1n) is 9.75. The highest BCUT2D eigenvalue weighted by atomic mass is 32.2. The van der Waals surface area contributed by atoms with Gasteiger partial charge in [-0.3, -0.25) is 9.59 Å². The molecule has 4 rings (SSSR count). The molecule has 0 bridgehead atoms. The topological polar surface area (TPSA) is 67.9 Å². The molecule has 2 amide bonds. The lowest BCUT2D eigenvalue weighted by Crippen LogP contribution is -2.54. The second-order valence-corrected chi connectivity index (χ2v) is 9.22. The Labute approximate surface area is 169 Å². The number of rotatable bonds is 6. The summed E-state index contributed by atoms with van der Waals surface area (Å²) in [7, 11) is 1.75. The minimum absolute atomic E-state index is 0.0763. The Morgan fingerprint density at radius 2 is 2.14 bits per heavy atom. The molecule has 1 aromatic rings. The molecule has 1 fully saturated rings. The van der Waals surface area contributed by atoms with Crippen molar-refractivity contribution in [2.24, 2.45) is 5.92 Å². The minimum Gasteiger partial charge on any atom is -0.493 e. The van der Waals surface area contributed by atoms with Crippen LogP contribution in [-0.4, -0.2) is 49.3 Å². The summed E-state index contributed by atoms with van der Waals surface area (Å²) in [6.07, 6.45) is 2.44. The zero-order valence-electron chi connectivity index (χ0n) is 16.5. The fourth-order valence-electron chi connectivity index (χ4n) is 3.86. The van der Waals surface area contributed by atoms with Crippen molar-refractivity contribution >= 4 is 23.6 Å². The van der Waals surface area contributed by atoms with E-state index in [0.29, 0.717) is 24.8 Å². The van der Waals surface area contributed by atoms with Crippen LogP contribution in [0.2, 0.25) is 0 Å². The summed E-state index contributed by atoms with van der Waals surface area (Å²) in [6, 6.07) is 6.25. The van der Waals surface area contributed by atoms with Gasteiger partial charge in [0.05, 0.1) is 12.0 Å². The molecule has 1 atom stereocenters. The van der Waals surface area contributed by atoms with Crippen LogP contribution in [0, 0.1) is 5.92 Å². The Hall–Kier alpha value is -2.15. The molecule has 1 N–H and O–H groups in total. The number of ether oxygens (including phenoxy) is 2. The fourth-order valence-corrected chi connectivity index (χ4v) is 4.56. The van der Waals surface area contributed by atoms with Gasteiger partial charge < -0.3 is 19.7 Å². The standard InChI is InChI=1S/C21H26N2O4S/c1-4-28-14-7-8-16(26-10-13-5-6-13)15(9-14)21(2)12-23(3)20(25)18-19(21)27-11-17(24)22-18/h7-9,13H,4-6,10-12H2,1-3H3,(H,22,24). The number of nitrogens with zero attached hydrogens (tertiary/aromatic N) is 1. The molecule has 1 unspecified atom stereocenters. The molecular weight excluding hydrogens is 376 g/mol. The number of likely N-dealkylation sites (N-methyl/N-ethyl adjacent to an activating group) is 1. The summed E-state index contributed by atoms with van der Waals surface area (Å²) in [5, 5.41) is 2.72. The van der Waals surface area contributed by atoms with Gasteiger partial charge in [-0.15, -0.1) is 11.8 Å². The van der Waals surface area contributed by atoms with E-state index in [1.54, 1.807) is 23.7 Å². The van der Waals surface area contributed by atoms with Crippen LogP contribution in [0.3, 0.4) is 0 Å². The van der Waals surface area contributed by atoms with Crippen molar-refractivity contribution in [3.05, 3.63) is 35.2 Å². The summed E-state index contributed by atoms with van der Waals surface area (Å²) in [5.41, 5.74) is 0.637. The van der Waals surface area contributed by atoms with E-state index in [2.05, 4.69) is 31.3 Å². The molecule has 1 aliphatic carbocycles. The normalized spacial score (nSPS) is 24.6. The molecule has 2 heterocycles. The Bertz CT molecular complexity index is 849. The summed E-state index contributed by atoms with van der Waals surface area (Å²) in [5.74, 6) is 2.44. The van der Waals surface area contributed by atoms with E-state index in [1.807, 2.05) is 6.07 Å². The Morgan fingerprint density at radius 1 is 1.36 bits per heavy atom. The van der Waals surface area contributed by atoms with Gasteiger partial charge >= 0.3 is 0 Å². The summed E-state index contributed by atoms with van der Waals surface area (Å²) in [6.45, 7) is 5.27. The molecule has 1 aromatic carbocycles. The van der Waals surface area contributed by atoms with E-state index >= 15 is 0 Å². The highest BCUT2D eigenvalue weighted by molar-refractivity contribution is 7.99. The van der Waals surface area contributed by atoms with Crippen LogP contribution in [0.4, 0.5) is 0 Å². The average molecular weight is 403 g/mol. The molecule has 0 spiro atoms. The minimum atomic E-state index is -0.602. The van der Waals surface area contributed by atoms with Gasteiger partial charge in [-0.05, 0) is 49.6 Å². The number of thioether (sulfide) groups is 1. The first-order valence-corrected chi connectivity index (χ1v) is 10.7. The van der Waals surface area contributed by atoms with Gasteiger partial charge in [-0.25, -0.2) is 0 Å². The maximum atomic E-state index is 12.6. The smallest absolute Gasteiger partial charge is 0.273 e. The number of amides is 2. The van der Waals surface area contributed by atoms with Crippen LogP contribution < -0.4 is 10.1 Å². The maximum absolute atomic E-state index is 12.6. The van der Waals surface area contributed by atoms with Crippen LogP contribution in [0.25, 0.3) is 0 Å². The number of nitrogens with one attached hydrogen (secondary N) is 1. The first kappa shape index (κ1) is 19.2. The monoisotopic (exact) mass is 402 g/mol. The molecule has 7 heteroatoms. The second-order valence-electron chi connectivity index (χ2n) is 7.88. The summed E-state index contributed by atoms with van der Waals surface area (Å²) < 4.78 is 12.0. The van der Waals surface area contributed by atoms with E-state index < -0.39 is 5.41 Å². The van der Waals surface area contributed by atoms with Gasteiger partial charge in [0, 0.05) is 24.1 Å². The molecule has 2 aliphatic heterocycles. The predicted molar refractivity (Wildman–Crippen MR) is 107 cm³/mol. The van der Waals surface area contributed by atoms with Crippen molar-refractivity contribution < 1.29 is 19.1 Å². The number of benzene rings is 1. The third-order valence-corrected chi connectivity index (χ3v) is 6.36. The van der Waals surface area contributed by atoms with Crippen molar-refractivity contribution in [2.75, 3.05) is 32.6 Å². The van der Waals surface area contributed by atoms with E-state index in [-0.39, 0.29) is 24.1 Å². The van der Waals surface area contributed by atoms with E-state index in [1.165, 1.54) is 12.8 Å². The second kappa shape index (κ2) is 7.35.